The molecular weight excluding hydrogens is 140 g/mol. The number of hydrogen-bond acceptors (Lipinski definition) is 3. The highest BCUT2D eigenvalue weighted by Gasteiger charge is 2.22. The highest BCUT2D eigenvalue weighted by Crippen LogP contribution is 2.09. The lowest BCUT2D eigenvalue weighted by Crippen LogP contribution is -2.50. The molecule has 3 nitrogen and oxygen atoms in total. The molecule has 2 N–H and O–H groups in total. The molecular formula is C8H18N2O. The van der Waals surface area contributed by atoms with E-state index in [1.54, 1.807) is 0 Å². The number of ether oxygens (including phenoxy) is 1. The van der Waals surface area contributed by atoms with Gasteiger partial charge in [0.05, 0.1) is 13.2 Å². The predicted molar refractivity (Wildman–Crippen MR) is 45.5 cm³/mol. The molecule has 1 aliphatic heterocycles. The SMILES string of the molecule is CC(CN)N1CCOCC1C. The van der Waals surface area contributed by atoms with E-state index in [4.69, 9.17) is 10.5 Å². The number of hydrogen-bond donors (Lipinski definition) is 1. The second kappa shape index (κ2) is 4.04. The fraction of sp³-hybridized carbons (Fsp3) is 1.00. The summed E-state index contributed by atoms with van der Waals surface area (Å²) < 4.78 is 5.32. The van der Waals surface area contributed by atoms with Crippen molar-refractivity contribution in [3.63, 3.8) is 0 Å². The zero-order valence-corrected chi connectivity index (χ0v) is 7.42. The Hall–Kier alpha value is -0.120. The molecule has 1 fully saturated rings. The third kappa shape index (κ3) is 2.15. The van der Waals surface area contributed by atoms with Crippen LogP contribution < -0.4 is 5.73 Å². The summed E-state index contributed by atoms with van der Waals surface area (Å²) in [4.78, 5) is 2.41. The molecule has 0 aliphatic carbocycles. The molecule has 1 heterocycles. The summed E-state index contributed by atoms with van der Waals surface area (Å²) in [5, 5.41) is 0. The van der Waals surface area contributed by atoms with E-state index in [1.165, 1.54) is 0 Å². The minimum absolute atomic E-state index is 0.494. The smallest absolute Gasteiger partial charge is 0.0619 e. The highest BCUT2D eigenvalue weighted by atomic mass is 16.5. The van der Waals surface area contributed by atoms with Gasteiger partial charge in [0.25, 0.3) is 0 Å². The van der Waals surface area contributed by atoms with Crippen molar-refractivity contribution in [1.82, 2.24) is 4.90 Å². The standard InChI is InChI=1S/C8H18N2O/c1-7(5-9)10-3-4-11-6-8(10)2/h7-8H,3-6,9H2,1-2H3. The molecule has 1 rings (SSSR count). The van der Waals surface area contributed by atoms with E-state index in [-0.39, 0.29) is 0 Å². The van der Waals surface area contributed by atoms with Gasteiger partial charge in [-0.3, -0.25) is 4.90 Å². The Labute approximate surface area is 68.5 Å². The van der Waals surface area contributed by atoms with E-state index in [9.17, 15) is 0 Å². The van der Waals surface area contributed by atoms with Gasteiger partial charge in [0.1, 0.15) is 0 Å². The summed E-state index contributed by atoms with van der Waals surface area (Å²) in [5.74, 6) is 0. The average molecular weight is 158 g/mol. The van der Waals surface area contributed by atoms with Crippen LogP contribution in [0.5, 0.6) is 0 Å². The van der Waals surface area contributed by atoms with Crippen LogP contribution >= 0.6 is 0 Å². The van der Waals surface area contributed by atoms with Crippen molar-refractivity contribution in [1.29, 1.82) is 0 Å². The lowest BCUT2D eigenvalue weighted by Gasteiger charge is -2.37. The van der Waals surface area contributed by atoms with Crippen molar-refractivity contribution in [2.45, 2.75) is 25.9 Å². The summed E-state index contributed by atoms with van der Waals surface area (Å²) in [7, 11) is 0. The summed E-state index contributed by atoms with van der Waals surface area (Å²) >= 11 is 0. The lowest BCUT2D eigenvalue weighted by molar-refractivity contribution is -0.0166. The molecule has 1 aliphatic rings. The first kappa shape index (κ1) is 8.97. The van der Waals surface area contributed by atoms with Crippen LogP contribution in [0.1, 0.15) is 13.8 Å². The van der Waals surface area contributed by atoms with Crippen LogP contribution in [-0.4, -0.2) is 43.3 Å². The predicted octanol–water partition coefficient (Wildman–Crippen LogP) is 0.0543. The third-order valence-corrected chi connectivity index (χ3v) is 2.33. The summed E-state index contributed by atoms with van der Waals surface area (Å²) in [6.45, 7) is 7.83. The molecule has 0 amide bonds. The quantitative estimate of drug-likeness (QED) is 0.617. The normalized spacial score (nSPS) is 30.3. The Bertz CT molecular complexity index is 115. The Morgan fingerprint density at radius 2 is 2.45 bits per heavy atom. The van der Waals surface area contributed by atoms with E-state index in [2.05, 4.69) is 18.7 Å². The first-order chi connectivity index (χ1) is 5.25. The molecule has 1 saturated heterocycles. The van der Waals surface area contributed by atoms with Crippen LogP contribution in [0, 0.1) is 0 Å². The van der Waals surface area contributed by atoms with Crippen molar-refractivity contribution < 1.29 is 4.74 Å². The topological polar surface area (TPSA) is 38.5 Å². The van der Waals surface area contributed by atoms with Gasteiger partial charge in [-0.25, -0.2) is 0 Å². The van der Waals surface area contributed by atoms with Gasteiger partial charge in [-0.1, -0.05) is 0 Å². The third-order valence-electron chi connectivity index (χ3n) is 2.33. The summed E-state index contributed by atoms with van der Waals surface area (Å²) in [5.41, 5.74) is 5.58. The van der Waals surface area contributed by atoms with Gasteiger partial charge in [-0.15, -0.1) is 0 Å². The van der Waals surface area contributed by atoms with Crippen LogP contribution in [-0.2, 0) is 4.74 Å². The largest absolute Gasteiger partial charge is 0.379 e. The molecule has 3 heteroatoms. The summed E-state index contributed by atoms with van der Waals surface area (Å²) in [6, 6.07) is 1.02. The lowest BCUT2D eigenvalue weighted by atomic mass is 10.2. The Morgan fingerprint density at radius 1 is 1.73 bits per heavy atom. The van der Waals surface area contributed by atoms with Crippen molar-refractivity contribution >= 4 is 0 Å². The Morgan fingerprint density at radius 3 is 3.00 bits per heavy atom. The van der Waals surface area contributed by atoms with E-state index in [0.717, 1.165) is 26.3 Å². The van der Waals surface area contributed by atoms with Gasteiger partial charge in [-0.2, -0.15) is 0 Å². The Kier molecular flexibility index (Phi) is 3.30. The first-order valence-corrected chi connectivity index (χ1v) is 4.29. The van der Waals surface area contributed by atoms with Gasteiger partial charge < -0.3 is 10.5 Å². The van der Waals surface area contributed by atoms with Crippen LogP contribution in [0.2, 0.25) is 0 Å². The van der Waals surface area contributed by atoms with Crippen LogP contribution in [0.15, 0.2) is 0 Å². The minimum atomic E-state index is 0.494. The van der Waals surface area contributed by atoms with E-state index >= 15 is 0 Å². The van der Waals surface area contributed by atoms with Crippen molar-refractivity contribution in [2.24, 2.45) is 5.73 Å². The number of nitrogens with two attached hydrogens (primary N) is 1. The maximum absolute atomic E-state index is 5.58. The van der Waals surface area contributed by atoms with Crippen molar-refractivity contribution in [2.75, 3.05) is 26.3 Å². The van der Waals surface area contributed by atoms with E-state index in [0.29, 0.717) is 12.1 Å². The second-order valence-electron chi connectivity index (χ2n) is 3.25. The Balaban J connectivity index is 2.40. The first-order valence-electron chi connectivity index (χ1n) is 4.29. The molecule has 0 radical (unpaired) electrons. The fourth-order valence-corrected chi connectivity index (χ4v) is 1.53. The van der Waals surface area contributed by atoms with Gasteiger partial charge in [0, 0.05) is 25.2 Å². The number of morpholine rings is 1. The maximum atomic E-state index is 5.58. The molecule has 0 saturated carbocycles. The van der Waals surface area contributed by atoms with Gasteiger partial charge in [0.15, 0.2) is 0 Å². The van der Waals surface area contributed by atoms with Crippen LogP contribution in [0.4, 0.5) is 0 Å². The fourth-order valence-electron chi connectivity index (χ4n) is 1.53. The van der Waals surface area contributed by atoms with E-state index < -0.39 is 0 Å². The van der Waals surface area contributed by atoms with Crippen molar-refractivity contribution in [3.05, 3.63) is 0 Å². The molecule has 0 aromatic carbocycles. The zero-order chi connectivity index (χ0) is 8.27. The average Bonchev–Trinajstić information content (AvgIpc) is 2.04. The maximum Gasteiger partial charge on any atom is 0.0619 e. The number of rotatable bonds is 2. The number of nitrogens with zero attached hydrogens (tertiary/aromatic N) is 1. The second-order valence-corrected chi connectivity index (χ2v) is 3.25. The molecule has 0 aromatic rings. The van der Waals surface area contributed by atoms with Gasteiger partial charge in [-0.05, 0) is 13.8 Å². The molecule has 0 spiro atoms. The monoisotopic (exact) mass is 158 g/mol. The van der Waals surface area contributed by atoms with Crippen molar-refractivity contribution in [3.8, 4) is 0 Å². The molecule has 66 valence electrons. The molecule has 2 atom stereocenters. The molecule has 0 bridgehead atoms. The van der Waals surface area contributed by atoms with E-state index in [1.807, 2.05) is 0 Å². The van der Waals surface area contributed by atoms with Gasteiger partial charge >= 0.3 is 0 Å². The summed E-state index contributed by atoms with van der Waals surface area (Å²) in [6.07, 6.45) is 0. The zero-order valence-electron chi connectivity index (χ0n) is 7.42. The molecule has 11 heavy (non-hydrogen) atoms. The van der Waals surface area contributed by atoms with Crippen LogP contribution in [0.25, 0.3) is 0 Å². The highest BCUT2D eigenvalue weighted by molar-refractivity contribution is 4.76. The van der Waals surface area contributed by atoms with Gasteiger partial charge in [0.2, 0.25) is 0 Å². The minimum Gasteiger partial charge on any atom is -0.379 e. The molecule has 2 unspecified atom stereocenters. The van der Waals surface area contributed by atoms with Crippen LogP contribution in [0.3, 0.4) is 0 Å². The molecule has 0 aromatic heterocycles.